The minimum absolute atomic E-state index is 0.0838. The molecule has 6 aromatic carbocycles. The fraction of sp³-hybridized carbons (Fsp3) is 0.0909. The van der Waals surface area contributed by atoms with Gasteiger partial charge in [-0.25, -0.2) is 0 Å². The van der Waals surface area contributed by atoms with Gasteiger partial charge in [-0.05, 0) is 64.9 Å². The largest absolute Gasteiger partial charge is 0.309 e. The highest BCUT2D eigenvalue weighted by atomic mass is 15.0. The Labute approximate surface area is 275 Å². The fourth-order valence-electron chi connectivity index (χ4n) is 7.14. The maximum absolute atomic E-state index is 5.12. The molecule has 0 saturated carbocycles. The molecule has 0 spiro atoms. The van der Waals surface area contributed by atoms with Crippen LogP contribution in [0.1, 0.15) is 41.7 Å². The van der Waals surface area contributed by atoms with Crippen molar-refractivity contribution in [3.63, 3.8) is 0 Å². The Morgan fingerprint density at radius 1 is 0.660 bits per heavy atom. The molecule has 1 aliphatic rings. The van der Waals surface area contributed by atoms with Crippen LogP contribution in [0.25, 0.3) is 44.3 Å². The van der Waals surface area contributed by atoms with Gasteiger partial charge in [-0.15, -0.1) is 0 Å². The van der Waals surface area contributed by atoms with Crippen LogP contribution in [0.2, 0.25) is 0 Å². The SMILES string of the molecule is C=N/C(=C\C(=NCc1ccccc1)c1cccc(-c2ccc3c(c2)c2cccc4c2n3-c2ccccc2C4(C)C)c1)c1ccccc1. The van der Waals surface area contributed by atoms with E-state index in [9.17, 15) is 0 Å². The molecule has 0 unspecified atom stereocenters. The van der Waals surface area contributed by atoms with Crippen LogP contribution in [0.5, 0.6) is 0 Å². The van der Waals surface area contributed by atoms with Crippen molar-refractivity contribution in [3.8, 4) is 16.8 Å². The third kappa shape index (κ3) is 4.92. The van der Waals surface area contributed by atoms with Crippen molar-refractivity contribution in [3.05, 3.63) is 179 Å². The van der Waals surface area contributed by atoms with E-state index in [2.05, 4.69) is 158 Å². The number of para-hydroxylation sites is 2. The van der Waals surface area contributed by atoms with E-state index in [1.165, 1.54) is 44.2 Å². The Morgan fingerprint density at radius 3 is 2.15 bits per heavy atom. The summed E-state index contributed by atoms with van der Waals surface area (Å²) in [5.41, 5.74) is 13.6. The van der Waals surface area contributed by atoms with Crippen LogP contribution in [-0.2, 0) is 12.0 Å². The first-order chi connectivity index (χ1) is 23.0. The lowest BCUT2D eigenvalue weighted by molar-refractivity contribution is 0.630. The maximum Gasteiger partial charge on any atom is 0.0716 e. The molecule has 0 bridgehead atoms. The fourth-order valence-corrected chi connectivity index (χ4v) is 7.14. The Hall–Kier alpha value is -5.80. The standard InChI is InChI=1S/C44H35N3/c1-44(2)37-21-10-11-23-42(37)47-41-25-24-33(27-36(41)35-20-13-22-38(44)43(35)47)32-18-12-19-34(26-32)40(46-29-30-14-6-4-7-15-30)28-39(45-3)31-16-8-5-9-17-31/h4-28H,3,29H2,1-2H3/b39-28-,46-40?. The van der Waals surface area contributed by atoms with E-state index in [4.69, 9.17) is 4.99 Å². The number of nitrogens with zero attached hydrogens (tertiary/aromatic N) is 3. The molecule has 0 saturated heterocycles. The summed E-state index contributed by atoms with van der Waals surface area (Å²) in [5, 5.41) is 2.55. The van der Waals surface area contributed by atoms with Crippen LogP contribution < -0.4 is 0 Å². The van der Waals surface area contributed by atoms with Crippen LogP contribution in [-0.4, -0.2) is 17.0 Å². The third-order valence-electron chi connectivity index (χ3n) is 9.56. The third-order valence-corrected chi connectivity index (χ3v) is 9.56. The molecule has 2 heterocycles. The highest BCUT2D eigenvalue weighted by molar-refractivity contribution is 6.14. The lowest BCUT2D eigenvalue weighted by atomic mass is 9.75. The maximum atomic E-state index is 5.12. The molecular formula is C44H35N3. The van der Waals surface area contributed by atoms with Crippen molar-refractivity contribution in [1.82, 2.24) is 4.57 Å². The quantitative estimate of drug-likeness (QED) is 0.162. The minimum Gasteiger partial charge on any atom is -0.309 e. The van der Waals surface area contributed by atoms with Gasteiger partial charge >= 0.3 is 0 Å². The Bertz CT molecular complexity index is 2360. The van der Waals surface area contributed by atoms with E-state index in [0.717, 1.165) is 33.7 Å². The second kappa shape index (κ2) is 11.5. The summed E-state index contributed by atoms with van der Waals surface area (Å²) in [7, 11) is 0. The van der Waals surface area contributed by atoms with Crippen molar-refractivity contribution in [1.29, 1.82) is 0 Å². The van der Waals surface area contributed by atoms with Crippen molar-refractivity contribution in [2.45, 2.75) is 25.8 Å². The predicted molar refractivity (Wildman–Crippen MR) is 199 cm³/mol. The molecule has 0 amide bonds. The first-order valence-electron chi connectivity index (χ1n) is 16.1. The highest BCUT2D eigenvalue weighted by Crippen LogP contribution is 2.47. The molecule has 0 fully saturated rings. The Balaban J connectivity index is 1.27. The molecule has 1 aliphatic heterocycles. The van der Waals surface area contributed by atoms with E-state index >= 15 is 0 Å². The van der Waals surface area contributed by atoms with E-state index in [1.807, 2.05) is 24.3 Å². The number of aliphatic imine (C=N–C) groups is 2. The number of fused-ring (bicyclic) bond motifs is 5. The molecule has 1 aromatic heterocycles. The molecule has 3 heteroatoms. The minimum atomic E-state index is -0.0838. The van der Waals surface area contributed by atoms with Gasteiger partial charge in [0.2, 0.25) is 0 Å². The Morgan fingerprint density at radius 2 is 1.34 bits per heavy atom. The van der Waals surface area contributed by atoms with Gasteiger partial charge in [-0.3, -0.25) is 9.98 Å². The van der Waals surface area contributed by atoms with Gasteiger partial charge in [0.05, 0.1) is 34.7 Å². The van der Waals surface area contributed by atoms with Gasteiger partial charge < -0.3 is 4.57 Å². The molecule has 0 atom stereocenters. The van der Waals surface area contributed by atoms with Gasteiger partial charge in [-0.2, -0.15) is 0 Å². The van der Waals surface area contributed by atoms with Gasteiger partial charge in [0.15, 0.2) is 0 Å². The lowest BCUT2D eigenvalue weighted by Crippen LogP contribution is -2.26. The van der Waals surface area contributed by atoms with Gasteiger partial charge in [0.25, 0.3) is 0 Å². The smallest absolute Gasteiger partial charge is 0.0716 e. The predicted octanol–water partition coefficient (Wildman–Crippen LogP) is 10.8. The zero-order chi connectivity index (χ0) is 32.0. The first-order valence-corrected chi connectivity index (χ1v) is 16.1. The molecular weight excluding hydrogens is 571 g/mol. The lowest BCUT2D eigenvalue weighted by Gasteiger charge is -2.34. The van der Waals surface area contributed by atoms with Gasteiger partial charge in [0.1, 0.15) is 0 Å². The number of aromatic nitrogens is 1. The monoisotopic (exact) mass is 605 g/mol. The van der Waals surface area contributed by atoms with E-state index in [1.54, 1.807) is 0 Å². The molecule has 47 heavy (non-hydrogen) atoms. The molecule has 0 radical (unpaired) electrons. The van der Waals surface area contributed by atoms with E-state index < -0.39 is 0 Å². The van der Waals surface area contributed by atoms with Crippen LogP contribution in [0, 0.1) is 0 Å². The summed E-state index contributed by atoms with van der Waals surface area (Å²) < 4.78 is 2.47. The second-order valence-corrected chi connectivity index (χ2v) is 12.7. The topological polar surface area (TPSA) is 29.6 Å². The summed E-state index contributed by atoms with van der Waals surface area (Å²) in [6.45, 7) is 9.14. The average Bonchev–Trinajstić information content (AvgIpc) is 3.46. The zero-order valence-electron chi connectivity index (χ0n) is 26.7. The second-order valence-electron chi connectivity index (χ2n) is 12.7. The number of allylic oxidation sites excluding steroid dienone is 1. The number of hydrogen-bond acceptors (Lipinski definition) is 2. The molecule has 3 nitrogen and oxygen atoms in total. The summed E-state index contributed by atoms with van der Waals surface area (Å²) in [4.78, 5) is 9.52. The normalized spacial score (nSPS) is 13.9. The molecule has 8 rings (SSSR count). The van der Waals surface area contributed by atoms with Crippen LogP contribution in [0.15, 0.2) is 162 Å². The van der Waals surface area contributed by atoms with Crippen molar-refractivity contribution in [2.24, 2.45) is 9.98 Å². The van der Waals surface area contributed by atoms with Crippen molar-refractivity contribution < 1.29 is 0 Å². The highest BCUT2D eigenvalue weighted by Gasteiger charge is 2.34. The number of hydrogen-bond donors (Lipinski definition) is 0. The van der Waals surface area contributed by atoms with Gasteiger partial charge in [-0.1, -0.05) is 135 Å². The Kier molecular flexibility index (Phi) is 7.03. The summed E-state index contributed by atoms with van der Waals surface area (Å²) in [6, 6.07) is 51.7. The van der Waals surface area contributed by atoms with E-state index in [0.29, 0.717) is 6.54 Å². The molecule has 0 aliphatic carbocycles. The van der Waals surface area contributed by atoms with Crippen molar-refractivity contribution in [2.75, 3.05) is 0 Å². The first kappa shape index (κ1) is 28.7. The van der Waals surface area contributed by atoms with E-state index in [-0.39, 0.29) is 5.41 Å². The molecule has 7 aromatic rings. The molecule has 0 N–H and O–H groups in total. The van der Waals surface area contributed by atoms with Crippen LogP contribution >= 0.6 is 0 Å². The van der Waals surface area contributed by atoms with Crippen LogP contribution in [0.3, 0.4) is 0 Å². The zero-order valence-corrected chi connectivity index (χ0v) is 26.7. The molecule has 226 valence electrons. The van der Waals surface area contributed by atoms with Gasteiger partial charge in [0, 0.05) is 27.3 Å². The summed E-state index contributed by atoms with van der Waals surface area (Å²) in [5.74, 6) is 0. The van der Waals surface area contributed by atoms with Crippen molar-refractivity contribution >= 4 is 39.9 Å². The summed E-state index contributed by atoms with van der Waals surface area (Å²) >= 11 is 0. The number of rotatable bonds is 7. The number of benzene rings is 6. The summed E-state index contributed by atoms with van der Waals surface area (Å²) in [6.07, 6.45) is 2.05. The van der Waals surface area contributed by atoms with Crippen LogP contribution in [0.4, 0.5) is 0 Å². The average molecular weight is 606 g/mol.